The average molecular weight is 463 g/mol. The fraction of sp³-hybridized carbons (Fsp3) is 0.304. The molecule has 11 heteroatoms. The number of anilines is 4. The van der Waals surface area contributed by atoms with Crippen LogP contribution in [0.5, 0.6) is 0 Å². The summed E-state index contributed by atoms with van der Waals surface area (Å²) in [6.07, 6.45) is 6.18. The summed E-state index contributed by atoms with van der Waals surface area (Å²) in [6, 6.07) is 7.25. The number of carbonyl (C=O) groups is 2. The highest BCUT2D eigenvalue weighted by atomic mass is 16.4. The van der Waals surface area contributed by atoms with E-state index in [0.29, 0.717) is 23.0 Å². The van der Waals surface area contributed by atoms with Gasteiger partial charge in [-0.15, -0.1) is 0 Å². The molecule has 1 saturated heterocycles. The molecule has 4 rings (SSSR count). The molecular formula is C23H26N8O3. The second-order valence-electron chi connectivity index (χ2n) is 7.97. The van der Waals surface area contributed by atoms with Gasteiger partial charge in [-0.25, -0.2) is 15.0 Å². The number of aliphatic carboxylic acids is 1. The SMILES string of the molecule is C[C@H](CC(=O)O)C(=O)Nc1cc(Nc2cnccn2)nc(-c2ccnc(N3CCNCC3)c2)c1. The van der Waals surface area contributed by atoms with Crippen molar-refractivity contribution in [1.82, 2.24) is 25.3 Å². The van der Waals surface area contributed by atoms with Gasteiger partial charge in [0.15, 0.2) is 0 Å². The monoisotopic (exact) mass is 462 g/mol. The van der Waals surface area contributed by atoms with Gasteiger partial charge in [0, 0.05) is 68.0 Å². The molecule has 1 aliphatic rings. The molecule has 34 heavy (non-hydrogen) atoms. The number of pyridine rings is 2. The molecule has 0 saturated carbocycles. The van der Waals surface area contributed by atoms with Crippen LogP contribution in [0.1, 0.15) is 13.3 Å². The van der Waals surface area contributed by atoms with Crippen LogP contribution in [0.15, 0.2) is 49.1 Å². The molecule has 0 radical (unpaired) electrons. The quantitative estimate of drug-likeness (QED) is 0.393. The predicted molar refractivity (Wildman–Crippen MR) is 128 cm³/mol. The van der Waals surface area contributed by atoms with Gasteiger partial charge in [-0.1, -0.05) is 6.92 Å². The molecule has 3 aromatic rings. The Bertz CT molecular complexity index is 1150. The van der Waals surface area contributed by atoms with Crippen LogP contribution in [-0.4, -0.2) is 63.1 Å². The van der Waals surface area contributed by atoms with Crippen LogP contribution in [0.25, 0.3) is 11.3 Å². The summed E-state index contributed by atoms with van der Waals surface area (Å²) < 4.78 is 0. The highest BCUT2D eigenvalue weighted by Crippen LogP contribution is 2.28. The summed E-state index contributed by atoms with van der Waals surface area (Å²) in [6.45, 7) is 5.09. The summed E-state index contributed by atoms with van der Waals surface area (Å²) >= 11 is 0. The number of aromatic nitrogens is 4. The van der Waals surface area contributed by atoms with E-state index in [1.165, 1.54) is 0 Å². The molecule has 0 aromatic carbocycles. The Balaban J connectivity index is 1.65. The van der Waals surface area contributed by atoms with Crippen molar-refractivity contribution in [3.63, 3.8) is 0 Å². The third-order valence-electron chi connectivity index (χ3n) is 5.32. The first-order valence-corrected chi connectivity index (χ1v) is 11.0. The van der Waals surface area contributed by atoms with Crippen molar-refractivity contribution in [1.29, 1.82) is 0 Å². The van der Waals surface area contributed by atoms with Crippen LogP contribution < -0.4 is 20.9 Å². The van der Waals surface area contributed by atoms with E-state index < -0.39 is 11.9 Å². The first kappa shape index (κ1) is 23.1. The summed E-state index contributed by atoms with van der Waals surface area (Å²) in [5, 5.41) is 18.2. The van der Waals surface area contributed by atoms with Gasteiger partial charge in [-0.2, -0.15) is 0 Å². The van der Waals surface area contributed by atoms with Gasteiger partial charge >= 0.3 is 5.97 Å². The van der Waals surface area contributed by atoms with Crippen molar-refractivity contribution < 1.29 is 14.7 Å². The first-order chi connectivity index (χ1) is 16.5. The first-order valence-electron chi connectivity index (χ1n) is 11.0. The zero-order valence-corrected chi connectivity index (χ0v) is 18.7. The topological polar surface area (TPSA) is 145 Å². The normalized spacial score (nSPS) is 14.3. The van der Waals surface area contributed by atoms with Crippen LogP contribution in [-0.2, 0) is 9.59 Å². The number of amides is 1. The number of rotatable bonds is 8. The van der Waals surface area contributed by atoms with Gasteiger partial charge in [0.2, 0.25) is 5.91 Å². The summed E-state index contributed by atoms with van der Waals surface area (Å²) in [7, 11) is 0. The Morgan fingerprint density at radius 3 is 2.68 bits per heavy atom. The van der Waals surface area contributed by atoms with Crippen molar-refractivity contribution in [2.75, 3.05) is 41.7 Å². The van der Waals surface area contributed by atoms with Crippen molar-refractivity contribution in [3.8, 4) is 11.3 Å². The van der Waals surface area contributed by atoms with Gasteiger partial charge in [-0.05, 0) is 18.2 Å². The lowest BCUT2D eigenvalue weighted by Gasteiger charge is -2.28. The number of piperazine rings is 1. The van der Waals surface area contributed by atoms with Crippen molar-refractivity contribution in [2.24, 2.45) is 5.92 Å². The minimum Gasteiger partial charge on any atom is -0.481 e. The number of nitrogens with one attached hydrogen (secondary N) is 3. The van der Waals surface area contributed by atoms with Gasteiger partial charge < -0.3 is 26.0 Å². The third-order valence-corrected chi connectivity index (χ3v) is 5.32. The molecule has 4 N–H and O–H groups in total. The Kier molecular flexibility index (Phi) is 7.23. The van der Waals surface area contributed by atoms with Crippen molar-refractivity contribution >= 4 is 35.0 Å². The molecule has 0 aliphatic carbocycles. The molecule has 0 unspecified atom stereocenters. The molecule has 176 valence electrons. The lowest BCUT2D eigenvalue weighted by Crippen LogP contribution is -2.43. The Hall–Kier alpha value is -4.12. The molecule has 1 aliphatic heterocycles. The average Bonchev–Trinajstić information content (AvgIpc) is 2.85. The van der Waals surface area contributed by atoms with Gasteiger partial charge in [0.1, 0.15) is 17.5 Å². The number of nitrogens with zero attached hydrogens (tertiary/aromatic N) is 5. The molecule has 4 heterocycles. The molecule has 3 aromatic heterocycles. The lowest BCUT2D eigenvalue weighted by atomic mass is 10.1. The van der Waals surface area contributed by atoms with E-state index in [1.807, 2.05) is 12.1 Å². The molecule has 1 fully saturated rings. The fourth-order valence-corrected chi connectivity index (χ4v) is 3.57. The van der Waals surface area contributed by atoms with E-state index in [0.717, 1.165) is 37.6 Å². The van der Waals surface area contributed by atoms with Crippen LogP contribution in [0, 0.1) is 5.92 Å². The zero-order chi connectivity index (χ0) is 23.9. The van der Waals surface area contributed by atoms with Crippen molar-refractivity contribution in [3.05, 3.63) is 49.1 Å². The Morgan fingerprint density at radius 1 is 1.12 bits per heavy atom. The maximum absolute atomic E-state index is 12.6. The van der Waals surface area contributed by atoms with Crippen LogP contribution in [0.3, 0.4) is 0 Å². The number of carboxylic acids is 1. The summed E-state index contributed by atoms with van der Waals surface area (Å²) in [5.74, 6) is -0.291. The second kappa shape index (κ2) is 10.7. The smallest absolute Gasteiger partial charge is 0.304 e. The van der Waals surface area contributed by atoms with Crippen LogP contribution in [0.2, 0.25) is 0 Å². The highest BCUT2D eigenvalue weighted by molar-refractivity contribution is 5.95. The second-order valence-corrected chi connectivity index (χ2v) is 7.97. The van der Waals surface area contributed by atoms with Gasteiger partial charge in [0.25, 0.3) is 0 Å². The number of hydrogen-bond acceptors (Lipinski definition) is 9. The van der Waals surface area contributed by atoms with E-state index in [9.17, 15) is 9.59 Å². The summed E-state index contributed by atoms with van der Waals surface area (Å²) in [5.41, 5.74) is 1.94. The largest absolute Gasteiger partial charge is 0.481 e. The molecular weight excluding hydrogens is 436 g/mol. The van der Waals surface area contributed by atoms with E-state index >= 15 is 0 Å². The van der Waals surface area contributed by atoms with E-state index in [-0.39, 0.29) is 12.3 Å². The van der Waals surface area contributed by atoms with Gasteiger partial charge in [-0.3, -0.25) is 14.6 Å². The zero-order valence-electron chi connectivity index (χ0n) is 18.7. The number of carbonyl (C=O) groups excluding carboxylic acids is 1. The maximum atomic E-state index is 12.6. The summed E-state index contributed by atoms with van der Waals surface area (Å²) in [4.78, 5) is 43.2. The third kappa shape index (κ3) is 6.01. The lowest BCUT2D eigenvalue weighted by molar-refractivity contribution is -0.139. The van der Waals surface area contributed by atoms with E-state index in [2.05, 4.69) is 35.8 Å². The van der Waals surface area contributed by atoms with Crippen molar-refractivity contribution in [2.45, 2.75) is 13.3 Å². The Morgan fingerprint density at radius 2 is 1.94 bits per heavy atom. The standard InChI is InChI=1S/C23H26N8O3/c1-15(10-22(32)33)23(34)28-17-12-18(29-19(13-17)30-20-14-25-4-5-26-20)16-2-3-27-21(11-16)31-8-6-24-7-9-31/h2-5,11-15,24H,6-10H2,1H3,(H,32,33)(H2,26,28,29,30,34)/t15-/m1/s1. The predicted octanol–water partition coefficient (Wildman–Crippen LogP) is 2.14. The maximum Gasteiger partial charge on any atom is 0.304 e. The molecule has 0 spiro atoms. The van der Waals surface area contributed by atoms with E-state index in [1.54, 1.807) is 43.8 Å². The minimum atomic E-state index is -1.03. The van der Waals surface area contributed by atoms with Crippen LogP contribution >= 0.6 is 0 Å². The molecule has 11 nitrogen and oxygen atoms in total. The van der Waals surface area contributed by atoms with E-state index in [4.69, 9.17) is 10.1 Å². The molecule has 0 bridgehead atoms. The fourth-order valence-electron chi connectivity index (χ4n) is 3.57. The minimum absolute atomic E-state index is 0.257. The Labute approximate surface area is 196 Å². The number of carboxylic acid groups (broad SMARTS) is 1. The number of hydrogen-bond donors (Lipinski definition) is 4. The van der Waals surface area contributed by atoms with Crippen LogP contribution in [0.4, 0.5) is 23.1 Å². The van der Waals surface area contributed by atoms with Gasteiger partial charge in [0.05, 0.1) is 18.3 Å². The molecule has 1 atom stereocenters. The highest BCUT2D eigenvalue weighted by Gasteiger charge is 2.18. The molecule has 1 amide bonds.